The Morgan fingerprint density at radius 2 is 1.88 bits per heavy atom. The predicted octanol–water partition coefficient (Wildman–Crippen LogP) is -0.147. The van der Waals surface area contributed by atoms with Crippen molar-refractivity contribution in [1.29, 1.82) is 0 Å². The van der Waals surface area contributed by atoms with Crippen LogP contribution in [0.1, 0.15) is 53.9 Å². The molecule has 3 aliphatic rings. The normalized spacial score (nSPS) is 48.9. The molecule has 3 fully saturated rings. The maximum absolute atomic E-state index is 13.7. The second kappa shape index (κ2) is 7.58. The molecule has 9 atom stereocenters. The fourth-order valence-electron chi connectivity index (χ4n) is 6.76. The van der Waals surface area contributed by atoms with E-state index in [-0.39, 0.29) is 6.42 Å². The predicted molar refractivity (Wildman–Crippen MR) is 112 cm³/mol. The van der Waals surface area contributed by atoms with Gasteiger partial charge in [0, 0.05) is 17.8 Å². The molecule has 3 rings (SSSR count). The summed E-state index contributed by atoms with van der Waals surface area (Å²) in [5.74, 6) is -2.70. The lowest BCUT2D eigenvalue weighted by Gasteiger charge is -2.71. The van der Waals surface area contributed by atoms with E-state index in [0.29, 0.717) is 12.8 Å². The molecule has 0 amide bonds. The van der Waals surface area contributed by atoms with Crippen molar-refractivity contribution in [3.63, 3.8) is 0 Å². The molecule has 0 bridgehead atoms. The molecule has 1 saturated heterocycles. The third kappa shape index (κ3) is 3.05. The van der Waals surface area contributed by atoms with Crippen LogP contribution in [-0.2, 0) is 19.1 Å². The number of rotatable bonds is 4. The molecule has 5 N–H and O–H groups in total. The second-order valence-electron chi connectivity index (χ2n) is 10.9. The van der Waals surface area contributed by atoms with Gasteiger partial charge < -0.3 is 35.0 Å². The maximum Gasteiger partial charge on any atom is 0.337 e. The fraction of sp³-hybridized carbons (Fsp3) is 0.826. The molecule has 0 radical (unpaired) electrons. The van der Waals surface area contributed by atoms with E-state index in [4.69, 9.17) is 14.6 Å². The summed E-state index contributed by atoms with van der Waals surface area (Å²) in [7, 11) is 0. The Hall–Kier alpha value is -1.36. The van der Waals surface area contributed by atoms with Gasteiger partial charge in [0.1, 0.15) is 5.60 Å². The second-order valence-corrected chi connectivity index (χ2v) is 10.9. The molecule has 0 aromatic carbocycles. The molecule has 32 heavy (non-hydrogen) atoms. The summed E-state index contributed by atoms with van der Waals surface area (Å²) < 4.78 is 11.7. The number of ketones is 1. The molecular formula is C23H36O9. The van der Waals surface area contributed by atoms with Crippen molar-refractivity contribution in [3.8, 4) is 0 Å². The number of hydrogen-bond donors (Lipinski definition) is 5. The zero-order valence-corrected chi connectivity index (χ0v) is 19.4. The van der Waals surface area contributed by atoms with E-state index in [1.807, 2.05) is 13.8 Å². The molecule has 182 valence electrons. The highest BCUT2D eigenvalue weighted by Crippen LogP contribution is 2.67. The lowest BCUT2D eigenvalue weighted by atomic mass is 9.40. The van der Waals surface area contributed by atoms with Crippen molar-refractivity contribution in [3.05, 3.63) is 12.7 Å². The van der Waals surface area contributed by atoms with Gasteiger partial charge in [0.05, 0.1) is 24.4 Å². The number of ether oxygens (including phenoxy) is 2. The Bertz CT molecular complexity index is 811. The lowest BCUT2D eigenvalue weighted by molar-refractivity contribution is -0.371. The minimum absolute atomic E-state index is 0.228. The molecular weight excluding hydrogens is 420 g/mol. The van der Waals surface area contributed by atoms with E-state index in [9.17, 15) is 30.0 Å². The molecule has 9 nitrogen and oxygen atoms in total. The van der Waals surface area contributed by atoms with Crippen LogP contribution >= 0.6 is 0 Å². The van der Waals surface area contributed by atoms with Crippen LogP contribution in [0.2, 0.25) is 0 Å². The highest BCUT2D eigenvalue weighted by Gasteiger charge is 2.81. The van der Waals surface area contributed by atoms with Gasteiger partial charge in [-0.15, -0.1) is 6.58 Å². The van der Waals surface area contributed by atoms with Gasteiger partial charge >= 0.3 is 5.97 Å². The molecule has 2 aliphatic carbocycles. The van der Waals surface area contributed by atoms with Crippen molar-refractivity contribution in [1.82, 2.24) is 0 Å². The van der Waals surface area contributed by atoms with Gasteiger partial charge in [0.25, 0.3) is 0 Å². The Morgan fingerprint density at radius 3 is 2.41 bits per heavy atom. The molecule has 0 spiro atoms. The van der Waals surface area contributed by atoms with E-state index in [1.54, 1.807) is 13.8 Å². The molecule has 0 aromatic heterocycles. The highest BCUT2D eigenvalue weighted by atomic mass is 16.6. The number of fused-ring (bicyclic) bond motifs is 3. The largest absolute Gasteiger partial charge is 0.454 e. The van der Waals surface area contributed by atoms with E-state index < -0.39 is 76.3 Å². The number of esters is 1. The summed E-state index contributed by atoms with van der Waals surface area (Å²) in [6.45, 7) is 11.1. The quantitative estimate of drug-likeness (QED) is 0.287. The van der Waals surface area contributed by atoms with Crippen LogP contribution in [0.25, 0.3) is 0 Å². The Morgan fingerprint density at radius 1 is 1.28 bits per heavy atom. The monoisotopic (exact) mass is 456 g/mol. The molecule has 0 aromatic rings. The van der Waals surface area contributed by atoms with Crippen LogP contribution in [0, 0.1) is 16.7 Å². The summed E-state index contributed by atoms with van der Waals surface area (Å²) in [6.07, 6.45) is -4.07. The summed E-state index contributed by atoms with van der Waals surface area (Å²) >= 11 is 0. The zero-order valence-electron chi connectivity index (χ0n) is 19.4. The van der Waals surface area contributed by atoms with E-state index in [2.05, 4.69) is 6.58 Å². The summed E-state index contributed by atoms with van der Waals surface area (Å²) in [4.78, 5) is 26.1. The first-order valence-electron chi connectivity index (χ1n) is 11.0. The van der Waals surface area contributed by atoms with Gasteiger partial charge in [-0.3, -0.25) is 4.79 Å². The van der Waals surface area contributed by atoms with Gasteiger partial charge in [-0.25, -0.2) is 4.79 Å². The molecule has 2 saturated carbocycles. The van der Waals surface area contributed by atoms with Gasteiger partial charge in [-0.2, -0.15) is 0 Å². The molecule has 1 aliphatic heterocycles. The van der Waals surface area contributed by atoms with Crippen molar-refractivity contribution in [2.45, 2.75) is 95.1 Å². The van der Waals surface area contributed by atoms with Crippen LogP contribution in [-0.4, -0.2) is 85.1 Å². The van der Waals surface area contributed by atoms with E-state index in [0.717, 1.165) is 0 Å². The number of hydrogen-bond acceptors (Lipinski definition) is 9. The Labute approximate surface area is 188 Å². The molecule has 9 heteroatoms. The minimum Gasteiger partial charge on any atom is -0.454 e. The summed E-state index contributed by atoms with van der Waals surface area (Å²) in [6, 6.07) is 0. The topological polar surface area (TPSA) is 154 Å². The smallest absolute Gasteiger partial charge is 0.337 e. The standard InChI is InChI=1S/C23H36O9/c1-7-20(4)10-14(27)23(30)21(5)13(26)8-9-19(2,3)16(21)15(28)17(22(23,6)32-20)31-18(29)12(25)11-24/h7,12-13,15-17,24-26,28,30H,1,8-11H2,2-6H3. The number of carbonyl (C=O) groups excluding carboxylic acids is 2. The zero-order chi connectivity index (χ0) is 24.5. The Kier molecular flexibility index (Phi) is 5.98. The number of carbonyl (C=O) groups is 2. The van der Waals surface area contributed by atoms with Crippen LogP contribution in [0.3, 0.4) is 0 Å². The average molecular weight is 457 g/mol. The van der Waals surface area contributed by atoms with Gasteiger partial charge in [0.15, 0.2) is 23.6 Å². The molecule has 9 unspecified atom stereocenters. The minimum atomic E-state index is -2.33. The van der Waals surface area contributed by atoms with Crippen molar-refractivity contribution < 1.29 is 44.6 Å². The van der Waals surface area contributed by atoms with E-state index >= 15 is 0 Å². The summed E-state index contributed by atoms with van der Waals surface area (Å²) in [5, 5.41) is 53.9. The fourth-order valence-corrected chi connectivity index (χ4v) is 6.76. The van der Waals surface area contributed by atoms with Crippen LogP contribution in [0.4, 0.5) is 0 Å². The van der Waals surface area contributed by atoms with Crippen molar-refractivity contribution in [2.24, 2.45) is 16.7 Å². The van der Waals surface area contributed by atoms with Gasteiger partial charge in [-0.05, 0) is 32.1 Å². The van der Waals surface area contributed by atoms with Crippen LogP contribution in [0.15, 0.2) is 12.7 Å². The van der Waals surface area contributed by atoms with Crippen molar-refractivity contribution in [2.75, 3.05) is 6.61 Å². The lowest BCUT2D eigenvalue weighted by Crippen LogP contribution is -2.86. The first kappa shape index (κ1) is 25.3. The van der Waals surface area contributed by atoms with Gasteiger partial charge in [-0.1, -0.05) is 26.8 Å². The molecule has 1 heterocycles. The van der Waals surface area contributed by atoms with Crippen LogP contribution < -0.4 is 0 Å². The number of aliphatic hydroxyl groups is 5. The highest BCUT2D eigenvalue weighted by molar-refractivity contribution is 5.92. The van der Waals surface area contributed by atoms with E-state index in [1.165, 1.54) is 13.0 Å². The van der Waals surface area contributed by atoms with Crippen LogP contribution in [0.5, 0.6) is 0 Å². The first-order chi connectivity index (χ1) is 14.6. The average Bonchev–Trinajstić information content (AvgIpc) is 2.70. The maximum atomic E-state index is 13.7. The van der Waals surface area contributed by atoms with Gasteiger partial charge in [0.2, 0.25) is 0 Å². The third-order valence-electron chi connectivity index (χ3n) is 8.42. The number of aliphatic hydroxyl groups excluding tert-OH is 4. The Balaban J connectivity index is 2.28. The SMILES string of the molecule is C=CC1(C)CC(=O)C2(O)C(C)(O1)C(OC(=O)C(O)CO)C(O)C1C(C)(C)CCC(O)C12C. The van der Waals surface area contributed by atoms with Crippen molar-refractivity contribution >= 4 is 11.8 Å². The summed E-state index contributed by atoms with van der Waals surface area (Å²) in [5.41, 5.74) is -7.74. The first-order valence-corrected chi connectivity index (χ1v) is 11.0. The number of Topliss-reactive ketones (excluding diaryl/α,β-unsaturated/α-hetero) is 1. The third-order valence-corrected chi connectivity index (χ3v) is 8.42.